The summed E-state index contributed by atoms with van der Waals surface area (Å²) in [5.41, 5.74) is 0.786. The van der Waals surface area contributed by atoms with Crippen molar-refractivity contribution in [3.63, 3.8) is 0 Å². The van der Waals surface area contributed by atoms with E-state index in [0.29, 0.717) is 0 Å². The van der Waals surface area contributed by atoms with Crippen LogP contribution in [0.2, 0.25) is 0 Å². The Kier molecular flexibility index (Phi) is 22.2. The SMILES string of the molecule is CC.CC.C\C=C/C(=C\C=C(/C)Br)NC(C)=O. The molecular formula is C14H26BrNO. The van der Waals surface area contributed by atoms with E-state index in [-0.39, 0.29) is 5.91 Å². The van der Waals surface area contributed by atoms with E-state index in [0.717, 1.165) is 10.2 Å². The van der Waals surface area contributed by atoms with Crippen LogP contribution < -0.4 is 5.32 Å². The molecule has 0 aromatic carbocycles. The zero-order valence-electron chi connectivity index (χ0n) is 12.1. The van der Waals surface area contributed by atoms with Gasteiger partial charge in [0.2, 0.25) is 5.91 Å². The van der Waals surface area contributed by atoms with Gasteiger partial charge in [-0.25, -0.2) is 0 Å². The molecule has 0 bridgehead atoms. The maximum atomic E-state index is 10.8. The van der Waals surface area contributed by atoms with Crippen molar-refractivity contribution in [3.8, 4) is 0 Å². The largest absolute Gasteiger partial charge is 0.326 e. The van der Waals surface area contributed by atoms with Crippen LogP contribution in [0.5, 0.6) is 0 Å². The molecule has 0 saturated heterocycles. The van der Waals surface area contributed by atoms with Crippen molar-refractivity contribution in [2.75, 3.05) is 0 Å². The minimum Gasteiger partial charge on any atom is -0.326 e. The van der Waals surface area contributed by atoms with Crippen LogP contribution in [0.4, 0.5) is 0 Å². The van der Waals surface area contributed by atoms with E-state index in [9.17, 15) is 4.79 Å². The Bertz CT molecular complexity index is 261. The molecule has 0 aliphatic rings. The van der Waals surface area contributed by atoms with Crippen molar-refractivity contribution in [3.05, 3.63) is 34.5 Å². The molecule has 0 aromatic rings. The fourth-order valence-corrected chi connectivity index (χ4v) is 0.858. The molecule has 0 fully saturated rings. The lowest BCUT2D eigenvalue weighted by atomic mass is 10.3. The summed E-state index contributed by atoms with van der Waals surface area (Å²) in [4.78, 5) is 10.8. The maximum Gasteiger partial charge on any atom is 0.221 e. The predicted octanol–water partition coefficient (Wildman–Crippen LogP) is 4.93. The number of hydrogen-bond acceptors (Lipinski definition) is 1. The Balaban J connectivity index is -0.000000439. The van der Waals surface area contributed by atoms with Crippen LogP contribution in [-0.2, 0) is 4.79 Å². The molecule has 2 nitrogen and oxygen atoms in total. The lowest BCUT2D eigenvalue weighted by molar-refractivity contribution is -0.118. The van der Waals surface area contributed by atoms with Gasteiger partial charge < -0.3 is 5.32 Å². The van der Waals surface area contributed by atoms with Gasteiger partial charge in [0.1, 0.15) is 0 Å². The Morgan fingerprint density at radius 2 is 1.53 bits per heavy atom. The fraction of sp³-hybridized carbons (Fsp3) is 0.500. The molecule has 0 spiro atoms. The molecule has 0 aliphatic heterocycles. The van der Waals surface area contributed by atoms with Gasteiger partial charge in [-0.15, -0.1) is 0 Å². The molecule has 0 saturated carbocycles. The van der Waals surface area contributed by atoms with E-state index in [2.05, 4.69) is 21.2 Å². The molecule has 1 amide bonds. The van der Waals surface area contributed by atoms with Gasteiger partial charge in [0.15, 0.2) is 0 Å². The van der Waals surface area contributed by atoms with Crippen molar-refractivity contribution >= 4 is 21.8 Å². The first-order valence-corrected chi connectivity index (χ1v) is 6.80. The molecule has 17 heavy (non-hydrogen) atoms. The van der Waals surface area contributed by atoms with Gasteiger partial charge in [0, 0.05) is 12.6 Å². The van der Waals surface area contributed by atoms with Crippen LogP contribution in [0.15, 0.2) is 34.5 Å². The molecular weight excluding hydrogens is 278 g/mol. The second kappa shape index (κ2) is 17.6. The van der Waals surface area contributed by atoms with Crippen molar-refractivity contribution in [2.24, 2.45) is 0 Å². The second-order valence-corrected chi connectivity index (χ2v) is 3.81. The first-order chi connectivity index (χ1) is 8.06. The van der Waals surface area contributed by atoms with Crippen LogP contribution in [0, 0.1) is 0 Å². The third-order valence-electron chi connectivity index (χ3n) is 1.16. The number of carbonyl (C=O) groups is 1. The maximum absolute atomic E-state index is 10.8. The van der Waals surface area contributed by atoms with Crippen LogP contribution in [-0.4, -0.2) is 5.91 Å². The Morgan fingerprint density at radius 1 is 1.06 bits per heavy atom. The number of hydrogen-bond donors (Lipinski definition) is 1. The number of halogens is 1. The molecule has 0 radical (unpaired) electrons. The Hall–Kier alpha value is -0.830. The molecule has 0 aliphatic carbocycles. The number of carbonyl (C=O) groups excluding carboxylic acids is 1. The van der Waals surface area contributed by atoms with E-state index in [1.165, 1.54) is 6.92 Å². The molecule has 0 aromatic heterocycles. The summed E-state index contributed by atoms with van der Waals surface area (Å²) in [6.45, 7) is 13.3. The summed E-state index contributed by atoms with van der Waals surface area (Å²) < 4.78 is 1.01. The predicted molar refractivity (Wildman–Crippen MR) is 82.1 cm³/mol. The van der Waals surface area contributed by atoms with E-state index >= 15 is 0 Å². The lowest BCUT2D eigenvalue weighted by Gasteiger charge is -2.00. The van der Waals surface area contributed by atoms with Crippen molar-refractivity contribution in [1.82, 2.24) is 5.32 Å². The van der Waals surface area contributed by atoms with Crippen molar-refractivity contribution < 1.29 is 4.79 Å². The molecule has 1 N–H and O–H groups in total. The minimum absolute atomic E-state index is 0.0648. The average molecular weight is 304 g/mol. The lowest BCUT2D eigenvalue weighted by Crippen LogP contribution is -2.17. The van der Waals surface area contributed by atoms with E-state index < -0.39 is 0 Å². The average Bonchev–Trinajstić information content (AvgIpc) is 2.31. The molecule has 0 heterocycles. The summed E-state index contributed by atoms with van der Waals surface area (Å²) in [5, 5.41) is 2.71. The molecule has 0 rings (SSSR count). The summed E-state index contributed by atoms with van der Waals surface area (Å²) >= 11 is 3.30. The minimum atomic E-state index is -0.0648. The first kappa shape index (κ1) is 21.5. The van der Waals surface area contributed by atoms with Gasteiger partial charge in [-0.1, -0.05) is 55.8 Å². The standard InChI is InChI=1S/C10H14BrNO.2C2H6/c1-4-5-10(12-9(3)13)7-6-8(2)11;2*1-2/h4-7H,1-3H3,(H,12,13);2*1-2H3/b5-4-,8-6+,10-7+;;. The Morgan fingerprint density at radius 3 is 1.82 bits per heavy atom. The number of nitrogens with one attached hydrogen (secondary N) is 1. The smallest absolute Gasteiger partial charge is 0.221 e. The van der Waals surface area contributed by atoms with Crippen LogP contribution >= 0.6 is 15.9 Å². The summed E-state index contributed by atoms with van der Waals surface area (Å²) in [6, 6.07) is 0. The van der Waals surface area contributed by atoms with Gasteiger partial charge in [-0.2, -0.15) is 0 Å². The van der Waals surface area contributed by atoms with E-state index in [4.69, 9.17) is 0 Å². The van der Waals surface area contributed by atoms with Crippen LogP contribution in [0.1, 0.15) is 48.5 Å². The van der Waals surface area contributed by atoms with E-state index in [1.807, 2.05) is 65.8 Å². The first-order valence-electron chi connectivity index (χ1n) is 6.00. The van der Waals surface area contributed by atoms with Crippen molar-refractivity contribution in [2.45, 2.75) is 48.5 Å². The zero-order valence-corrected chi connectivity index (χ0v) is 13.7. The van der Waals surface area contributed by atoms with Crippen LogP contribution in [0.25, 0.3) is 0 Å². The summed E-state index contributed by atoms with van der Waals surface area (Å²) in [5.74, 6) is -0.0648. The second-order valence-electron chi connectivity index (χ2n) is 2.56. The number of allylic oxidation sites excluding steroid dienone is 5. The van der Waals surface area contributed by atoms with Crippen LogP contribution in [0.3, 0.4) is 0 Å². The van der Waals surface area contributed by atoms with Gasteiger partial charge in [-0.3, -0.25) is 4.79 Å². The highest BCUT2D eigenvalue weighted by Crippen LogP contribution is 2.03. The topological polar surface area (TPSA) is 29.1 Å². The van der Waals surface area contributed by atoms with E-state index in [1.54, 1.807) is 0 Å². The van der Waals surface area contributed by atoms with Gasteiger partial charge >= 0.3 is 0 Å². The molecule has 3 heteroatoms. The summed E-state index contributed by atoms with van der Waals surface area (Å²) in [7, 11) is 0. The number of amides is 1. The van der Waals surface area contributed by atoms with Crippen molar-refractivity contribution in [1.29, 1.82) is 0 Å². The molecule has 100 valence electrons. The zero-order chi connectivity index (χ0) is 14.3. The highest BCUT2D eigenvalue weighted by Gasteiger charge is 1.92. The summed E-state index contributed by atoms with van der Waals surface area (Å²) in [6.07, 6.45) is 7.43. The van der Waals surface area contributed by atoms with Gasteiger partial charge in [0.25, 0.3) is 0 Å². The number of rotatable bonds is 3. The third kappa shape index (κ3) is 21.1. The molecule has 0 atom stereocenters. The monoisotopic (exact) mass is 303 g/mol. The normalized spacial score (nSPS) is 11.1. The highest BCUT2D eigenvalue weighted by atomic mass is 79.9. The quantitative estimate of drug-likeness (QED) is 0.736. The highest BCUT2D eigenvalue weighted by molar-refractivity contribution is 9.11. The van der Waals surface area contributed by atoms with Gasteiger partial charge in [-0.05, 0) is 30.5 Å². The third-order valence-corrected chi connectivity index (χ3v) is 1.42. The molecule has 0 unspecified atom stereocenters. The van der Waals surface area contributed by atoms with Gasteiger partial charge in [0.05, 0.1) is 0 Å². The Labute approximate surface area is 115 Å². The fourth-order valence-electron chi connectivity index (χ4n) is 0.726.